The summed E-state index contributed by atoms with van der Waals surface area (Å²) >= 11 is 0. The van der Waals surface area contributed by atoms with Gasteiger partial charge in [-0.25, -0.2) is 4.39 Å². The highest BCUT2D eigenvalue weighted by molar-refractivity contribution is 5.91. The van der Waals surface area contributed by atoms with Gasteiger partial charge in [0.1, 0.15) is 23.9 Å². The number of halogens is 1. The van der Waals surface area contributed by atoms with Crippen molar-refractivity contribution in [3.05, 3.63) is 102 Å². The standard InChI is InChI=1S/C27H25FN2O3/c28-23-8-5-20(6-9-23)18-29-13-15-30(16-14-29)27(31)26-12-11-25(33-26)19-32-24-10-7-21-3-1-2-4-22(21)17-24/h1-12,17H,13-16,18-19H2. The molecule has 5 rings (SSSR count). The van der Waals surface area contributed by atoms with Crippen LogP contribution in [0.3, 0.4) is 0 Å². The van der Waals surface area contributed by atoms with E-state index in [1.165, 1.54) is 12.1 Å². The Hall–Kier alpha value is -3.64. The lowest BCUT2D eigenvalue weighted by molar-refractivity contribution is 0.0594. The number of rotatable bonds is 6. The van der Waals surface area contributed by atoms with Crippen LogP contribution < -0.4 is 4.74 Å². The van der Waals surface area contributed by atoms with Gasteiger partial charge in [0.2, 0.25) is 0 Å². The molecule has 0 radical (unpaired) electrons. The number of nitrogens with zero attached hydrogens (tertiary/aromatic N) is 2. The first-order valence-corrected chi connectivity index (χ1v) is 11.1. The van der Waals surface area contributed by atoms with E-state index in [2.05, 4.69) is 11.0 Å². The highest BCUT2D eigenvalue weighted by Crippen LogP contribution is 2.22. The smallest absolute Gasteiger partial charge is 0.289 e. The number of furan rings is 1. The van der Waals surface area contributed by atoms with Crippen molar-refractivity contribution in [3.8, 4) is 5.75 Å². The first-order chi connectivity index (χ1) is 16.1. The van der Waals surface area contributed by atoms with Crippen molar-refractivity contribution in [2.75, 3.05) is 26.2 Å². The lowest BCUT2D eigenvalue weighted by Gasteiger charge is -2.34. The normalized spacial score (nSPS) is 14.5. The van der Waals surface area contributed by atoms with Crippen LogP contribution in [0.15, 0.2) is 83.3 Å². The van der Waals surface area contributed by atoms with Gasteiger partial charge in [0.15, 0.2) is 5.76 Å². The maximum Gasteiger partial charge on any atom is 0.289 e. The molecule has 33 heavy (non-hydrogen) atoms. The molecule has 1 fully saturated rings. The number of ether oxygens (including phenoxy) is 1. The molecule has 0 aliphatic carbocycles. The predicted octanol–water partition coefficient (Wildman–Crippen LogP) is 5.11. The molecule has 0 atom stereocenters. The van der Waals surface area contributed by atoms with Crippen molar-refractivity contribution in [2.24, 2.45) is 0 Å². The van der Waals surface area contributed by atoms with Crippen LogP contribution in [-0.2, 0) is 13.2 Å². The molecule has 168 valence electrons. The van der Waals surface area contributed by atoms with E-state index in [0.29, 0.717) is 24.6 Å². The summed E-state index contributed by atoms with van der Waals surface area (Å²) in [5, 5.41) is 2.28. The quantitative estimate of drug-likeness (QED) is 0.415. The summed E-state index contributed by atoms with van der Waals surface area (Å²) in [6.45, 7) is 3.80. The zero-order valence-electron chi connectivity index (χ0n) is 18.2. The number of carbonyl (C=O) groups is 1. The van der Waals surface area contributed by atoms with Gasteiger partial charge in [-0.1, -0.05) is 42.5 Å². The van der Waals surface area contributed by atoms with Crippen LogP contribution in [0.2, 0.25) is 0 Å². The Morgan fingerprint density at radius 3 is 2.42 bits per heavy atom. The van der Waals surface area contributed by atoms with Gasteiger partial charge in [-0.3, -0.25) is 9.69 Å². The lowest BCUT2D eigenvalue weighted by atomic mass is 10.1. The van der Waals surface area contributed by atoms with Gasteiger partial charge in [-0.15, -0.1) is 0 Å². The molecule has 1 aliphatic rings. The van der Waals surface area contributed by atoms with E-state index < -0.39 is 0 Å². The number of benzene rings is 3. The zero-order valence-corrected chi connectivity index (χ0v) is 18.2. The van der Waals surface area contributed by atoms with Crippen molar-refractivity contribution in [3.63, 3.8) is 0 Å². The number of amides is 1. The van der Waals surface area contributed by atoms with Crippen LogP contribution in [0.4, 0.5) is 4.39 Å². The largest absolute Gasteiger partial charge is 0.486 e. The van der Waals surface area contributed by atoms with Crippen LogP contribution in [0.1, 0.15) is 21.9 Å². The van der Waals surface area contributed by atoms with Gasteiger partial charge in [0.05, 0.1) is 0 Å². The van der Waals surface area contributed by atoms with Crippen molar-refractivity contribution in [1.29, 1.82) is 0 Å². The van der Waals surface area contributed by atoms with E-state index in [1.807, 2.05) is 41.3 Å². The van der Waals surface area contributed by atoms with Gasteiger partial charge in [0.25, 0.3) is 5.91 Å². The van der Waals surface area contributed by atoms with Crippen LogP contribution in [-0.4, -0.2) is 41.9 Å². The second-order valence-corrected chi connectivity index (χ2v) is 8.26. The fourth-order valence-corrected chi connectivity index (χ4v) is 4.10. The average Bonchev–Trinajstić information content (AvgIpc) is 3.33. The summed E-state index contributed by atoms with van der Waals surface area (Å²) in [6, 6.07) is 24.1. The molecule has 5 nitrogen and oxygen atoms in total. The maximum atomic E-state index is 13.1. The zero-order chi connectivity index (χ0) is 22.6. The second kappa shape index (κ2) is 9.46. The first-order valence-electron chi connectivity index (χ1n) is 11.1. The Morgan fingerprint density at radius 2 is 1.64 bits per heavy atom. The third-order valence-electron chi connectivity index (χ3n) is 5.95. The highest BCUT2D eigenvalue weighted by Gasteiger charge is 2.24. The molecule has 4 aromatic rings. The molecule has 0 spiro atoms. The van der Waals surface area contributed by atoms with Crippen molar-refractivity contribution >= 4 is 16.7 Å². The molecule has 2 heterocycles. The Labute approximate surface area is 192 Å². The molecule has 1 amide bonds. The molecule has 6 heteroatoms. The van der Waals surface area contributed by atoms with Gasteiger partial charge in [0, 0.05) is 32.7 Å². The van der Waals surface area contributed by atoms with Crippen LogP contribution >= 0.6 is 0 Å². The summed E-state index contributed by atoms with van der Waals surface area (Å²) in [7, 11) is 0. The van der Waals surface area contributed by atoms with E-state index >= 15 is 0 Å². The molecule has 0 saturated carbocycles. The predicted molar refractivity (Wildman–Crippen MR) is 125 cm³/mol. The summed E-state index contributed by atoms with van der Waals surface area (Å²) in [5.41, 5.74) is 1.07. The highest BCUT2D eigenvalue weighted by atomic mass is 19.1. The summed E-state index contributed by atoms with van der Waals surface area (Å²) < 4.78 is 24.7. The number of piperazine rings is 1. The van der Waals surface area contributed by atoms with E-state index in [9.17, 15) is 9.18 Å². The Kier molecular flexibility index (Phi) is 6.09. The Morgan fingerprint density at radius 1 is 0.879 bits per heavy atom. The molecule has 1 aromatic heterocycles. The minimum Gasteiger partial charge on any atom is -0.486 e. The summed E-state index contributed by atoms with van der Waals surface area (Å²) in [6.07, 6.45) is 0. The molecule has 3 aromatic carbocycles. The molecular weight excluding hydrogens is 419 g/mol. The fourth-order valence-electron chi connectivity index (χ4n) is 4.10. The minimum absolute atomic E-state index is 0.103. The Bertz CT molecular complexity index is 1240. The average molecular weight is 445 g/mol. The molecule has 1 aliphatic heterocycles. The Balaban J connectivity index is 1.13. The van der Waals surface area contributed by atoms with E-state index in [0.717, 1.165) is 41.7 Å². The first kappa shape index (κ1) is 21.2. The molecular formula is C27H25FN2O3. The third-order valence-corrected chi connectivity index (χ3v) is 5.95. The van der Waals surface area contributed by atoms with Crippen LogP contribution in [0.5, 0.6) is 5.75 Å². The van der Waals surface area contributed by atoms with Crippen LogP contribution in [0, 0.1) is 5.82 Å². The molecule has 0 N–H and O–H groups in total. The van der Waals surface area contributed by atoms with Crippen LogP contribution in [0.25, 0.3) is 10.8 Å². The maximum absolute atomic E-state index is 13.1. The SMILES string of the molecule is O=C(c1ccc(COc2ccc3ccccc3c2)o1)N1CCN(Cc2ccc(F)cc2)CC1. The van der Waals surface area contributed by atoms with Crippen molar-refractivity contribution in [2.45, 2.75) is 13.2 Å². The fraction of sp³-hybridized carbons (Fsp3) is 0.222. The summed E-state index contributed by atoms with van der Waals surface area (Å²) in [5.74, 6) is 1.37. The van der Waals surface area contributed by atoms with E-state index in [-0.39, 0.29) is 18.3 Å². The number of fused-ring (bicyclic) bond motifs is 1. The van der Waals surface area contributed by atoms with Gasteiger partial charge in [-0.2, -0.15) is 0 Å². The van der Waals surface area contributed by atoms with Gasteiger partial charge < -0.3 is 14.1 Å². The number of hydrogen-bond acceptors (Lipinski definition) is 4. The molecule has 0 unspecified atom stereocenters. The van der Waals surface area contributed by atoms with Crippen molar-refractivity contribution < 1.29 is 18.3 Å². The monoisotopic (exact) mass is 444 g/mol. The summed E-state index contributed by atoms with van der Waals surface area (Å²) in [4.78, 5) is 16.9. The number of carbonyl (C=O) groups excluding carboxylic acids is 1. The van der Waals surface area contributed by atoms with Gasteiger partial charge in [-0.05, 0) is 52.7 Å². The van der Waals surface area contributed by atoms with Gasteiger partial charge >= 0.3 is 0 Å². The lowest BCUT2D eigenvalue weighted by Crippen LogP contribution is -2.48. The van der Waals surface area contributed by atoms with Crippen molar-refractivity contribution in [1.82, 2.24) is 9.80 Å². The second-order valence-electron chi connectivity index (χ2n) is 8.26. The minimum atomic E-state index is -0.227. The number of hydrogen-bond donors (Lipinski definition) is 0. The molecule has 1 saturated heterocycles. The van der Waals surface area contributed by atoms with E-state index in [4.69, 9.17) is 9.15 Å². The molecule has 0 bridgehead atoms. The van der Waals surface area contributed by atoms with E-state index in [1.54, 1.807) is 24.3 Å². The third kappa shape index (κ3) is 5.07. The topological polar surface area (TPSA) is 45.9 Å².